The molecule has 124 valence electrons. The summed E-state index contributed by atoms with van der Waals surface area (Å²) in [5.74, 6) is 1.13. The maximum atomic E-state index is 12.4. The van der Waals surface area contributed by atoms with Crippen LogP contribution in [0, 0.1) is 6.92 Å². The third kappa shape index (κ3) is 3.82. The Kier molecular flexibility index (Phi) is 5.27. The second-order valence-electron chi connectivity index (χ2n) is 5.02. The molecule has 1 amide bonds. The van der Waals surface area contributed by atoms with Crippen LogP contribution in [-0.2, 0) is 12.2 Å². The molecule has 2 heterocycles. The van der Waals surface area contributed by atoms with E-state index in [0.717, 1.165) is 10.1 Å². The quantitative estimate of drug-likeness (QED) is 0.530. The maximum absolute atomic E-state index is 12.4. The van der Waals surface area contributed by atoms with Gasteiger partial charge in [0, 0.05) is 12.2 Å². The lowest BCUT2D eigenvalue weighted by Crippen LogP contribution is -2.14. The minimum absolute atomic E-state index is 0.263. The lowest BCUT2D eigenvalue weighted by atomic mass is 10.1. The number of carbonyl (C=O) groups excluding carboxylic acids is 1. The van der Waals surface area contributed by atoms with Crippen LogP contribution in [-0.4, -0.2) is 21.3 Å². The highest BCUT2D eigenvalue weighted by atomic mass is 32.2. The number of aryl methyl sites for hydroxylation is 2. The fraction of sp³-hybridized carbons (Fsp3) is 0.250. The lowest BCUT2D eigenvalue weighted by molar-refractivity contribution is 0.102. The zero-order valence-electron chi connectivity index (χ0n) is 13.3. The molecule has 6 nitrogen and oxygen atoms in total. The highest BCUT2D eigenvalue weighted by Gasteiger charge is 2.20. The Labute approximate surface area is 147 Å². The average molecular weight is 360 g/mol. The molecular weight excluding hydrogens is 344 g/mol. The molecule has 0 unspecified atom stereocenters. The highest BCUT2D eigenvalue weighted by Crippen LogP contribution is 2.28. The van der Waals surface area contributed by atoms with E-state index in [2.05, 4.69) is 32.8 Å². The van der Waals surface area contributed by atoms with Gasteiger partial charge in [0.25, 0.3) is 5.91 Å². The van der Waals surface area contributed by atoms with E-state index >= 15 is 0 Å². The van der Waals surface area contributed by atoms with Gasteiger partial charge in [-0.2, -0.15) is 0 Å². The number of nitrogens with zero attached hydrogens (tertiary/aromatic N) is 3. The van der Waals surface area contributed by atoms with Crippen molar-refractivity contribution in [3.8, 4) is 0 Å². The second-order valence-corrected chi connectivity index (χ2v) is 7.22. The van der Waals surface area contributed by atoms with Gasteiger partial charge in [-0.1, -0.05) is 65.5 Å². The Bertz CT molecular complexity index is 830. The molecule has 0 fully saturated rings. The molecule has 0 aliphatic carbocycles. The summed E-state index contributed by atoms with van der Waals surface area (Å²) in [4.78, 5) is 12.4. The van der Waals surface area contributed by atoms with Crippen LogP contribution in [0.5, 0.6) is 0 Å². The summed E-state index contributed by atoms with van der Waals surface area (Å²) in [6, 6.07) is 10.1. The third-order valence-electron chi connectivity index (χ3n) is 3.31. The van der Waals surface area contributed by atoms with Crippen LogP contribution < -0.4 is 5.32 Å². The van der Waals surface area contributed by atoms with Crippen molar-refractivity contribution in [2.75, 3.05) is 5.32 Å². The van der Waals surface area contributed by atoms with Crippen molar-refractivity contribution in [3.05, 3.63) is 52.9 Å². The van der Waals surface area contributed by atoms with Gasteiger partial charge >= 0.3 is 0 Å². The number of thioether (sulfide) groups is 1. The average Bonchev–Trinajstić information content (AvgIpc) is 3.20. The van der Waals surface area contributed by atoms with Crippen LogP contribution in [0.15, 0.2) is 39.2 Å². The van der Waals surface area contributed by atoms with Gasteiger partial charge in [-0.25, -0.2) is 0 Å². The first kappa shape index (κ1) is 16.7. The van der Waals surface area contributed by atoms with Gasteiger partial charge in [-0.3, -0.25) is 10.1 Å². The monoisotopic (exact) mass is 360 g/mol. The normalized spacial score (nSPS) is 10.8. The summed E-state index contributed by atoms with van der Waals surface area (Å²) < 4.78 is 5.96. The Morgan fingerprint density at radius 2 is 2.08 bits per heavy atom. The zero-order valence-corrected chi connectivity index (χ0v) is 14.9. The number of anilines is 1. The summed E-state index contributed by atoms with van der Waals surface area (Å²) >= 11 is 2.95. The number of hydrogen-bond donors (Lipinski definition) is 1. The fourth-order valence-corrected chi connectivity index (χ4v) is 3.85. The zero-order chi connectivity index (χ0) is 16.9. The van der Waals surface area contributed by atoms with Crippen LogP contribution in [0.4, 0.5) is 5.13 Å². The van der Waals surface area contributed by atoms with Gasteiger partial charge in [-0.05, 0) is 12.5 Å². The number of rotatable bonds is 6. The number of benzene rings is 1. The van der Waals surface area contributed by atoms with Gasteiger partial charge in [0.05, 0.1) is 5.69 Å². The molecular formula is C16H16N4O2S2. The molecule has 0 atom stereocenters. The van der Waals surface area contributed by atoms with Gasteiger partial charge in [0.1, 0.15) is 11.3 Å². The van der Waals surface area contributed by atoms with Crippen molar-refractivity contribution >= 4 is 34.1 Å². The molecule has 0 bridgehead atoms. The van der Waals surface area contributed by atoms with E-state index in [1.54, 1.807) is 18.7 Å². The molecule has 1 N–H and O–H groups in total. The summed E-state index contributed by atoms with van der Waals surface area (Å²) in [6.07, 6.45) is 0.609. The van der Waals surface area contributed by atoms with Crippen molar-refractivity contribution in [2.45, 2.75) is 30.4 Å². The van der Waals surface area contributed by atoms with E-state index in [1.165, 1.54) is 16.9 Å². The predicted octanol–water partition coefficient (Wildman–Crippen LogP) is 3.94. The molecule has 1 aromatic carbocycles. The van der Waals surface area contributed by atoms with Crippen molar-refractivity contribution in [2.24, 2.45) is 0 Å². The highest BCUT2D eigenvalue weighted by molar-refractivity contribution is 8.00. The topological polar surface area (TPSA) is 80.9 Å². The van der Waals surface area contributed by atoms with Crippen LogP contribution >= 0.6 is 23.1 Å². The molecule has 0 aliphatic rings. The van der Waals surface area contributed by atoms with Crippen molar-refractivity contribution in [3.63, 3.8) is 0 Å². The second kappa shape index (κ2) is 7.59. The summed E-state index contributed by atoms with van der Waals surface area (Å²) in [6.45, 7) is 3.67. The van der Waals surface area contributed by atoms with E-state index in [9.17, 15) is 4.79 Å². The Morgan fingerprint density at radius 3 is 2.83 bits per heavy atom. The number of hydrogen-bond acceptors (Lipinski definition) is 7. The molecule has 0 aliphatic heterocycles. The maximum Gasteiger partial charge on any atom is 0.263 e. The van der Waals surface area contributed by atoms with Gasteiger partial charge < -0.3 is 4.52 Å². The van der Waals surface area contributed by atoms with Crippen LogP contribution in [0.25, 0.3) is 0 Å². The molecule has 0 spiro atoms. The Balaban J connectivity index is 1.63. The van der Waals surface area contributed by atoms with E-state index < -0.39 is 0 Å². The van der Waals surface area contributed by atoms with Gasteiger partial charge in [0.2, 0.25) is 5.13 Å². The first-order chi connectivity index (χ1) is 11.7. The molecule has 0 saturated carbocycles. The van der Waals surface area contributed by atoms with E-state index in [0.29, 0.717) is 28.6 Å². The van der Waals surface area contributed by atoms with E-state index in [-0.39, 0.29) is 5.91 Å². The van der Waals surface area contributed by atoms with Gasteiger partial charge in [0.15, 0.2) is 4.34 Å². The third-order valence-corrected chi connectivity index (χ3v) is 5.36. The number of nitrogens with one attached hydrogen (secondary N) is 1. The smallest absolute Gasteiger partial charge is 0.263 e. The van der Waals surface area contributed by atoms with Crippen molar-refractivity contribution < 1.29 is 9.32 Å². The SMILES string of the molecule is CCc1onc(C)c1C(=O)Nc1nnc(SCc2ccccc2)s1. The first-order valence-corrected chi connectivity index (χ1v) is 9.24. The molecule has 24 heavy (non-hydrogen) atoms. The molecule has 2 aromatic heterocycles. The van der Waals surface area contributed by atoms with Crippen molar-refractivity contribution in [1.29, 1.82) is 0 Å². The summed E-state index contributed by atoms with van der Waals surface area (Å²) in [7, 11) is 0. The Morgan fingerprint density at radius 1 is 1.29 bits per heavy atom. The molecule has 3 aromatic rings. The molecule has 3 rings (SSSR count). The van der Waals surface area contributed by atoms with Gasteiger partial charge in [-0.15, -0.1) is 10.2 Å². The number of amides is 1. The first-order valence-electron chi connectivity index (χ1n) is 7.44. The number of carbonyl (C=O) groups is 1. The minimum atomic E-state index is -0.263. The summed E-state index contributed by atoms with van der Waals surface area (Å²) in [5.41, 5.74) is 2.27. The van der Waals surface area contributed by atoms with Crippen molar-refractivity contribution in [1.82, 2.24) is 15.4 Å². The molecule has 0 radical (unpaired) electrons. The standard InChI is InChI=1S/C16H16N4O2S2/c1-3-12-13(10(2)20-22-12)14(21)17-15-18-19-16(24-15)23-9-11-7-5-4-6-8-11/h4-8H,3,9H2,1-2H3,(H,17,18,21). The number of aromatic nitrogens is 3. The van der Waals surface area contributed by atoms with E-state index in [4.69, 9.17) is 4.52 Å². The lowest BCUT2D eigenvalue weighted by Gasteiger charge is -2.00. The van der Waals surface area contributed by atoms with E-state index in [1.807, 2.05) is 25.1 Å². The largest absolute Gasteiger partial charge is 0.360 e. The van der Waals surface area contributed by atoms with Crippen LogP contribution in [0.3, 0.4) is 0 Å². The molecule has 0 saturated heterocycles. The predicted molar refractivity (Wildman–Crippen MR) is 94.5 cm³/mol. The van der Waals surface area contributed by atoms with Crippen LogP contribution in [0.1, 0.15) is 34.3 Å². The summed E-state index contributed by atoms with van der Waals surface area (Å²) in [5, 5.41) is 15.2. The molecule has 8 heteroatoms. The fourth-order valence-electron chi connectivity index (χ4n) is 2.15. The Hall–Kier alpha value is -2.19. The van der Waals surface area contributed by atoms with Crippen LogP contribution in [0.2, 0.25) is 0 Å². The minimum Gasteiger partial charge on any atom is -0.360 e.